The molecule has 0 aliphatic rings. The first-order chi connectivity index (χ1) is 12.8. The Morgan fingerprint density at radius 3 is 2.42 bits per heavy atom. The molecule has 4 nitrogen and oxygen atoms in total. The molecule has 26 heavy (non-hydrogen) atoms. The van der Waals surface area contributed by atoms with Crippen molar-refractivity contribution in [1.82, 2.24) is 9.88 Å². The summed E-state index contributed by atoms with van der Waals surface area (Å²) in [6.45, 7) is 0.916. The molecule has 1 amide bonds. The predicted octanol–water partition coefficient (Wildman–Crippen LogP) is 4.67. The number of para-hydroxylation sites is 1. The van der Waals surface area contributed by atoms with E-state index in [2.05, 4.69) is 4.98 Å². The van der Waals surface area contributed by atoms with Crippen molar-refractivity contribution in [2.24, 2.45) is 0 Å². The Morgan fingerprint density at radius 1 is 0.885 bits per heavy atom. The van der Waals surface area contributed by atoms with Crippen LogP contribution in [0.25, 0.3) is 11.0 Å². The van der Waals surface area contributed by atoms with Crippen molar-refractivity contribution in [2.45, 2.75) is 13.1 Å². The van der Waals surface area contributed by atoms with Crippen molar-refractivity contribution < 1.29 is 9.21 Å². The van der Waals surface area contributed by atoms with E-state index in [0.717, 1.165) is 16.6 Å². The largest absolute Gasteiger partial charge is 0.451 e. The Labute approximate surface area is 151 Å². The van der Waals surface area contributed by atoms with Gasteiger partial charge in [-0.2, -0.15) is 0 Å². The SMILES string of the molecule is O=C(c1cc2ccccc2o1)N(Cc1ccccc1)Cc1ccccn1. The van der Waals surface area contributed by atoms with Gasteiger partial charge in [-0.25, -0.2) is 0 Å². The molecule has 0 bridgehead atoms. The van der Waals surface area contributed by atoms with E-state index in [1.54, 1.807) is 17.2 Å². The molecule has 128 valence electrons. The van der Waals surface area contributed by atoms with Crippen molar-refractivity contribution in [2.75, 3.05) is 0 Å². The standard InChI is InChI=1S/C22H18N2O2/c25-22(21-14-18-10-4-5-12-20(18)26-21)24(15-17-8-2-1-3-9-17)16-19-11-6-7-13-23-19/h1-14H,15-16H2. The number of carbonyl (C=O) groups excluding carboxylic acids is 1. The smallest absolute Gasteiger partial charge is 0.290 e. The Kier molecular flexibility index (Phi) is 4.48. The number of nitrogens with zero attached hydrogens (tertiary/aromatic N) is 2. The molecule has 0 saturated carbocycles. The first kappa shape index (κ1) is 16.1. The van der Waals surface area contributed by atoms with Crippen LogP contribution in [0.15, 0.2) is 89.5 Å². The second-order valence-corrected chi connectivity index (χ2v) is 6.12. The van der Waals surface area contributed by atoms with Crippen LogP contribution in [0, 0.1) is 0 Å². The van der Waals surface area contributed by atoms with Crippen molar-refractivity contribution in [3.63, 3.8) is 0 Å². The number of fused-ring (bicyclic) bond motifs is 1. The summed E-state index contributed by atoms with van der Waals surface area (Å²) in [4.78, 5) is 19.2. The zero-order valence-electron chi connectivity index (χ0n) is 14.2. The molecule has 0 aliphatic heterocycles. The molecule has 2 heterocycles. The van der Waals surface area contributed by atoms with Crippen LogP contribution >= 0.6 is 0 Å². The van der Waals surface area contributed by atoms with E-state index in [1.165, 1.54) is 0 Å². The second kappa shape index (κ2) is 7.23. The number of pyridine rings is 1. The van der Waals surface area contributed by atoms with Gasteiger partial charge < -0.3 is 9.32 Å². The average molecular weight is 342 g/mol. The van der Waals surface area contributed by atoms with E-state index in [4.69, 9.17) is 4.42 Å². The summed E-state index contributed by atoms with van der Waals surface area (Å²) >= 11 is 0. The minimum Gasteiger partial charge on any atom is -0.451 e. The van der Waals surface area contributed by atoms with Crippen LogP contribution < -0.4 is 0 Å². The molecule has 2 aromatic heterocycles. The molecular weight excluding hydrogens is 324 g/mol. The molecule has 0 saturated heterocycles. The van der Waals surface area contributed by atoms with Gasteiger partial charge in [0.05, 0.1) is 12.2 Å². The lowest BCUT2D eigenvalue weighted by atomic mass is 10.2. The van der Waals surface area contributed by atoms with E-state index < -0.39 is 0 Å². The fourth-order valence-corrected chi connectivity index (χ4v) is 2.93. The van der Waals surface area contributed by atoms with Gasteiger partial charge in [-0.15, -0.1) is 0 Å². The van der Waals surface area contributed by atoms with Crippen molar-refractivity contribution >= 4 is 16.9 Å². The Bertz CT molecular complexity index is 935. The molecule has 0 N–H and O–H groups in total. The first-order valence-electron chi connectivity index (χ1n) is 8.51. The molecule has 2 aromatic carbocycles. The number of hydrogen-bond donors (Lipinski definition) is 0. The Morgan fingerprint density at radius 2 is 1.65 bits per heavy atom. The highest BCUT2D eigenvalue weighted by Crippen LogP contribution is 2.21. The normalized spacial score (nSPS) is 10.8. The minimum atomic E-state index is -0.143. The highest BCUT2D eigenvalue weighted by molar-refractivity contribution is 5.96. The lowest BCUT2D eigenvalue weighted by Crippen LogP contribution is -2.30. The number of carbonyl (C=O) groups is 1. The maximum atomic E-state index is 13.1. The number of aromatic nitrogens is 1. The zero-order chi connectivity index (χ0) is 17.8. The molecule has 0 radical (unpaired) electrons. The number of benzene rings is 2. The Hall–Kier alpha value is -3.40. The van der Waals surface area contributed by atoms with Crippen LogP contribution in [0.4, 0.5) is 0 Å². The summed E-state index contributed by atoms with van der Waals surface area (Å²) in [5, 5.41) is 0.924. The second-order valence-electron chi connectivity index (χ2n) is 6.12. The highest BCUT2D eigenvalue weighted by Gasteiger charge is 2.21. The van der Waals surface area contributed by atoms with Gasteiger partial charge in [-0.3, -0.25) is 9.78 Å². The summed E-state index contributed by atoms with van der Waals surface area (Å²) < 4.78 is 5.77. The third kappa shape index (κ3) is 3.49. The summed E-state index contributed by atoms with van der Waals surface area (Å²) in [5.74, 6) is 0.203. The van der Waals surface area contributed by atoms with Gasteiger partial charge in [0.15, 0.2) is 5.76 Å². The number of hydrogen-bond acceptors (Lipinski definition) is 3. The molecule has 4 heteroatoms. The van der Waals surface area contributed by atoms with Gasteiger partial charge in [0, 0.05) is 18.1 Å². The molecule has 0 fully saturated rings. The van der Waals surface area contributed by atoms with E-state index in [9.17, 15) is 4.79 Å². The number of amides is 1. The first-order valence-corrected chi connectivity index (χ1v) is 8.51. The van der Waals surface area contributed by atoms with Crippen LogP contribution in [-0.2, 0) is 13.1 Å². The molecule has 0 spiro atoms. The van der Waals surface area contributed by atoms with E-state index in [1.807, 2.05) is 72.8 Å². The van der Waals surface area contributed by atoms with E-state index in [-0.39, 0.29) is 5.91 Å². The summed E-state index contributed by atoms with van der Waals surface area (Å²) in [6, 6.07) is 25.1. The van der Waals surface area contributed by atoms with Gasteiger partial charge >= 0.3 is 0 Å². The predicted molar refractivity (Wildman–Crippen MR) is 100 cm³/mol. The molecule has 4 rings (SSSR count). The summed E-state index contributed by atoms with van der Waals surface area (Å²) in [5.41, 5.74) is 2.62. The maximum Gasteiger partial charge on any atom is 0.290 e. The lowest BCUT2D eigenvalue weighted by molar-refractivity contribution is 0.0698. The van der Waals surface area contributed by atoms with Crippen molar-refractivity contribution in [1.29, 1.82) is 0 Å². The maximum absolute atomic E-state index is 13.1. The molecular formula is C22H18N2O2. The highest BCUT2D eigenvalue weighted by atomic mass is 16.3. The quantitative estimate of drug-likeness (QED) is 0.529. The van der Waals surface area contributed by atoms with Crippen molar-refractivity contribution in [3.05, 3.63) is 102 Å². The van der Waals surface area contributed by atoms with Crippen LogP contribution in [0.5, 0.6) is 0 Å². The molecule has 0 unspecified atom stereocenters. The third-order valence-corrected chi connectivity index (χ3v) is 4.22. The van der Waals surface area contributed by atoms with Crippen LogP contribution in [0.3, 0.4) is 0 Å². The zero-order valence-corrected chi connectivity index (χ0v) is 14.2. The Balaban J connectivity index is 1.65. The summed E-state index contributed by atoms with van der Waals surface area (Å²) in [6.07, 6.45) is 1.74. The fourth-order valence-electron chi connectivity index (χ4n) is 2.93. The minimum absolute atomic E-state index is 0.143. The van der Waals surface area contributed by atoms with Gasteiger partial charge in [0.25, 0.3) is 5.91 Å². The van der Waals surface area contributed by atoms with Crippen LogP contribution in [-0.4, -0.2) is 15.8 Å². The number of furan rings is 1. The van der Waals surface area contributed by atoms with Gasteiger partial charge in [-0.1, -0.05) is 54.6 Å². The third-order valence-electron chi connectivity index (χ3n) is 4.22. The topological polar surface area (TPSA) is 46.3 Å². The van der Waals surface area contributed by atoms with Gasteiger partial charge in [0.1, 0.15) is 5.58 Å². The molecule has 4 aromatic rings. The van der Waals surface area contributed by atoms with E-state index in [0.29, 0.717) is 24.4 Å². The van der Waals surface area contributed by atoms with Crippen LogP contribution in [0.1, 0.15) is 21.8 Å². The lowest BCUT2D eigenvalue weighted by Gasteiger charge is -2.21. The monoisotopic (exact) mass is 342 g/mol. The molecule has 0 aliphatic carbocycles. The average Bonchev–Trinajstić information content (AvgIpc) is 3.13. The fraction of sp³-hybridized carbons (Fsp3) is 0.0909. The van der Waals surface area contributed by atoms with Crippen LogP contribution in [0.2, 0.25) is 0 Å². The van der Waals surface area contributed by atoms with Gasteiger partial charge in [-0.05, 0) is 29.8 Å². The summed E-state index contributed by atoms with van der Waals surface area (Å²) in [7, 11) is 0. The van der Waals surface area contributed by atoms with Gasteiger partial charge in [0.2, 0.25) is 0 Å². The van der Waals surface area contributed by atoms with Crippen molar-refractivity contribution in [3.8, 4) is 0 Å². The number of rotatable bonds is 5. The van der Waals surface area contributed by atoms with E-state index >= 15 is 0 Å². The molecule has 0 atom stereocenters.